The highest BCUT2D eigenvalue weighted by Crippen LogP contribution is 2.11. The summed E-state index contributed by atoms with van der Waals surface area (Å²) in [5.41, 5.74) is 0.761. The Labute approximate surface area is 63.5 Å². The molecule has 60 valence electrons. The average Bonchev–Trinajstić information content (AvgIpc) is 2.31. The predicted molar refractivity (Wildman–Crippen MR) is 35.9 cm³/mol. The Kier molecular flexibility index (Phi) is 2.25. The molecule has 0 unspecified atom stereocenters. The number of aliphatic carboxylic acids is 1. The van der Waals surface area contributed by atoms with E-state index in [9.17, 15) is 9.59 Å². The van der Waals surface area contributed by atoms with Crippen molar-refractivity contribution >= 4 is 11.9 Å². The zero-order valence-corrected chi connectivity index (χ0v) is 5.87. The second-order valence-corrected chi connectivity index (χ2v) is 2.30. The van der Waals surface area contributed by atoms with Gasteiger partial charge < -0.3 is 9.84 Å². The van der Waals surface area contributed by atoms with Crippen molar-refractivity contribution < 1.29 is 19.4 Å². The average molecular weight is 156 g/mol. The van der Waals surface area contributed by atoms with Crippen molar-refractivity contribution in [1.82, 2.24) is 0 Å². The lowest BCUT2D eigenvalue weighted by atomic mass is 10.1. The van der Waals surface area contributed by atoms with E-state index < -0.39 is 5.97 Å². The number of carbonyl (C=O) groups excluding carboxylic acids is 1. The van der Waals surface area contributed by atoms with E-state index in [1.807, 2.05) is 0 Å². The van der Waals surface area contributed by atoms with Gasteiger partial charge in [-0.1, -0.05) is 0 Å². The van der Waals surface area contributed by atoms with E-state index in [1.54, 1.807) is 0 Å². The molecule has 1 rings (SSSR count). The summed E-state index contributed by atoms with van der Waals surface area (Å²) in [7, 11) is 0. The fourth-order valence-electron chi connectivity index (χ4n) is 0.826. The number of cyclic esters (lactones) is 1. The molecule has 0 aromatic carbocycles. The fourth-order valence-corrected chi connectivity index (χ4v) is 0.826. The van der Waals surface area contributed by atoms with Crippen molar-refractivity contribution in [2.45, 2.75) is 12.8 Å². The van der Waals surface area contributed by atoms with Gasteiger partial charge in [-0.15, -0.1) is 0 Å². The van der Waals surface area contributed by atoms with Crippen molar-refractivity contribution in [3.05, 3.63) is 11.6 Å². The Bertz CT molecular complexity index is 216. The molecule has 0 amide bonds. The molecular weight excluding hydrogens is 148 g/mol. The maximum absolute atomic E-state index is 10.5. The molecule has 0 radical (unpaired) electrons. The topological polar surface area (TPSA) is 63.6 Å². The third kappa shape index (κ3) is 2.41. The van der Waals surface area contributed by atoms with Crippen LogP contribution in [-0.2, 0) is 14.3 Å². The van der Waals surface area contributed by atoms with Crippen LogP contribution < -0.4 is 0 Å². The number of carboxylic acid groups (broad SMARTS) is 1. The van der Waals surface area contributed by atoms with E-state index in [0.29, 0.717) is 6.42 Å². The van der Waals surface area contributed by atoms with E-state index in [1.165, 1.54) is 6.08 Å². The molecule has 0 atom stereocenters. The van der Waals surface area contributed by atoms with E-state index in [2.05, 4.69) is 4.74 Å². The molecule has 4 heteroatoms. The summed E-state index contributed by atoms with van der Waals surface area (Å²) in [6.45, 7) is 0.256. The standard InChI is InChI=1S/C7H8O4/c8-6(9)2-1-5-3-7(10)11-4-5/h3H,1-2,4H2,(H,8,9). The molecule has 1 heterocycles. The third-order valence-electron chi connectivity index (χ3n) is 1.38. The van der Waals surface area contributed by atoms with Crippen molar-refractivity contribution in [2.75, 3.05) is 6.61 Å². The number of carbonyl (C=O) groups is 2. The van der Waals surface area contributed by atoms with E-state index in [-0.39, 0.29) is 19.0 Å². The zero-order valence-electron chi connectivity index (χ0n) is 5.87. The van der Waals surface area contributed by atoms with Gasteiger partial charge in [-0.05, 0) is 12.0 Å². The van der Waals surface area contributed by atoms with Crippen molar-refractivity contribution in [2.24, 2.45) is 0 Å². The Balaban J connectivity index is 2.33. The molecule has 1 aliphatic rings. The molecule has 0 aromatic heterocycles. The van der Waals surface area contributed by atoms with Gasteiger partial charge in [0.25, 0.3) is 0 Å². The minimum atomic E-state index is -0.856. The summed E-state index contributed by atoms with van der Waals surface area (Å²) in [5, 5.41) is 8.29. The van der Waals surface area contributed by atoms with Gasteiger partial charge in [-0.2, -0.15) is 0 Å². The third-order valence-corrected chi connectivity index (χ3v) is 1.38. The van der Waals surface area contributed by atoms with Crippen molar-refractivity contribution in [1.29, 1.82) is 0 Å². The number of hydrogen-bond donors (Lipinski definition) is 1. The Morgan fingerprint density at radius 2 is 2.45 bits per heavy atom. The maximum atomic E-state index is 10.5. The molecule has 0 fully saturated rings. The SMILES string of the molecule is O=C(O)CCC1=CC(=O)OC1. The van der Waals surface area contributed by atoms with Crippen molar-refractivity contribution in [3.63, 3.8) is 0 Å². The molecule has 4 nitrogen and oxygen atoms in total. The highest BCUT2D eigenvalue weighted by molar-refractivity contribution is 5.85. The molecule has 1 aliphatic heterocycles. The number of carboxylic acids is 1. The monoisotopic (exact) mass is 156 g/mol. The first-order valence-electron chi connectivity index (χ1n) is 3.26. The molecular formula is C7H8O4. The van der Waals surface area contributed by atoms with Crippen LogP contribution in [0.2, 0.25) is 0 Å². The van der Waals surface area contributed by atoms with Crippen LogP contribution in [0.15, 0.2) is 11.6 Å². The zero-order chi connectivity index (χ0) is 8.27. The second-order valence-electron chi connectivity index (χ2n) is 2.30. The van der Waals surface area contributed by atoms with E-state index in [4.69, 9.17) is 5.11 Å². The number of ether oxygens (including phenoxy) is 1. The Hall–Kier alpha value is -1.32. The summed E-state index contributed by atoms with van der Waals surface area (Å²) in [6.07, 6.45) is 1.81. The molecule has 0 saturated carbocycles. The normalized spacial score (nSPS) is 16.0. The molecule has 0 aromatic rings. The van der Waals surface area contributed by atoms with Crippen LogP contribution in [0.3, 0.4) is 0 Å². The summed E-state index contributed by atoms with van der Waals surface area (Å²) in [6, 6.07) is 0. The summed E-state index contributed by atoms with van der Waals surface area (Å²) < 4.78 is 4.57. The lowest BCUT2D eigenvalue weighted by Gasteiger charge is -1.94. The quantitative estimate of drug-likeness (QED) is 0.598. The summed E-state index contributed by atoms with van der Waals surface area (Å²) in [4.78, 5) is 20.5. The number of esters is 1. The Morgan fingerprint density at radius 1 is 1.73 bits per heavy atom. The number of rotatable bonds is 3. The van der Waals surface area contributed by atoms with Gasteiger partial charge in [0.2, 0.25) is 0 Å². The van der Waals surface area contributed by atoms with Gasteiger partial charge in [0.1, 0.15) is 6.61 Å². The summed E-state index contributed by atoms with van der Waals surface area (Å²) in [5.74, 6) is -1.23. The fraction of sp³-hybridized carbons (Fsp3) is 0.429. The minimum Gasteiger partial charge on any atom is -0.481 e. The molecule has 0 saturated heterocycles. The van der Waals surface area contributed by atoms with Crippen LogP contribution in [0.25, 0.3) is 0 Å². The van der Waals surface area contributed by atoms with E-state index in [0.717, 1.165) is 5.57 Å². The molecule has 11 heavy (non-hydrogen) atoms. The first-order valence-corrected chi connectivity index (χ1v) is 3.26. The molecule has 0 bridgehead atoms. The van der Waals surface area contributed by atoms with Crippen LogP contribution in [0.1, 0.15) is 12.8 Å². The largest absolute Gasteiger partial charge is 0.481 e. The Morgan fingerprint density at radius 3 is 2.91 bits per heavy atom. The lowest BCUT2D eigenvalue weighted by Crippen LogP contribution is -1.96. The smallest absolute Gasteiger partial charge is 0.331 e. The number of hydrogen-bond acceptors (Lipinski definition) is 3. The van der Waals surface area contributed by atoms with Crippen LogP contribution >= 0.6 is 0 Å². The van der Waals surface area contributed by atoms with E-state index >= 15 is 0 Å². The van der Waals surface area contributed by atoms with Crippen LogP contribution in [0, 0.1) is 0 Å². The lowest BCUT2D eigenvalue weighted by molar-refractivity contribution is -0.137. The molecule has 1 N–H and O–H groups in total. The van der Waals surface area contributed by atoms with Gasteiger partial charge in [0.15, 0.2) is 0 Å². The second kappa shape index (κ2) is 3.18. The minimum absolute atomic E-state index is 0.0580. The van der Waals surface area contributed by atoms with Gasteiger partial charge in [-0.25, -0.2) is 4.79 Å². The molecule has 0 aliphatic carbocycles. The highest BCUT2D eigenvalue weighted by atomic mass is 16.5. The van der Waals surface area contributed by atoms with Gasteiger partial charge >= 0.3 is 11.9 Å². The summed E-state index contributed by atoms with van der Waals surface area (Å²) >= 11 is 0. The van der Waals surface area contributed by atoms with Crippen LogP contribution in [-0.4, -0.2) is 23.7 Å². The first-order chi connectivity index (χ1) is 5.18. The highest BCUT2D eigenvalue weighted by Gasteiger charge is 2.13. The first kappa shape index (κ1) is 7.78. The van der Waals surface area contributed by atoms with Crippen molar-refractivity contribution in [3.8, 4) is 0 Å². The van der Waals surface area contributed by atoms with Crippen LogP contribution in [0.5, 0.6) is 0 Å². The van der Waals surface area contributed by atoms with Crippen LogP contribution in [0.4, 0.5) is 0 Å². The van der Waals surface area contributed by atoms with Gasteiger partial charge in [0.05, 0.1) is 0 Å². The molecule has 0 spiro atoms. The van der Waals surface area contributed by atoms with Gasteiger partial charge in [0, 0.05) is 12.5 Å². The predicted octanol–water partition coefficient (Wildman–Crippen LogP) is 0.334. The van der Waals surface area contributed by atoms with Gasteiger partial charge in [-0.3, -0.25) is 4.79 Å². The maximum Gasteiger partial charge on any atom is 0.331 e.